The average Bonchev–Trinajstić information content (AvgIpc) is 2.43. The summed E-state index contributed by atoms with van der Waals surface area (Å²) in [5, 5.41) is 2.14. The second kappa shape index (κ2) is 6.91. The molecule has 1 N–H and O–H groups in total. The van der Waals surface area contributed by atoms with Gasteiger partial charge in [0.15, 0.2) is 18.1 Å². The Hall–Kier alpha value is -2.32. The van der Waals surface area contributed by atoms with Gasteiger partial charge in [0, 0.05) is 12.1 Å². The molecule has 0 atom stereocenters. The zero-order chi connectivity index (χ0) is 16.0. The number of carbonyl (C=O) groups is 1. The fourth-order valence-corrected chi connectivity index (χ4v) is 1.45. The van der Waals surface area contributed by atoms with Crippen LogP contribution in [-0.4, -0.2) is 40.2 Å². The summed E-state index contributed by atoms with van der Waals surface area (Å²) >= 11 is 0. The molecule has 0 spiro atoms. The van der Waals surface area contributed by atoms with Crippen LogP contribution in [0.1, 0.15) is 0 Å². The molecule has 6 nitrogen and oxygen atoms in total. The maximum Gasteiger partial charge on any atom is 0.422 e. The molecule has 1 amide bonds. The summed E-state index contributed by atoms with van der Waals surface area (Å²) in [6, 6.07) is 2.71. The fourth-order valence-electron chi connectivity index (χ4n) is 1.45. The Morgan fingerprint density at radius 3 is 2.00 bits per heavy atom. The summed E-state index contributed by atoms with van der Waals surface area (Å²) in [7, 11) is 4.12. The van der Waals surface area contributed by atoms with Gasteiger partial charge >= 0.3 is 12.3 Å². The van der Waals surface area contributed by atoms with E-state index in [1.165, 1.54) is 33.5 Å². The van der Waals surface area contributed by atoms with E-state index in [2.05, 4.69) is 10.1 Å². The van der Waals surface area contributed by atoms with Crippen LogP contribution < -0.4 is 19.5 Å². The van der Waals surface area contributed by atoms with Crippen LogP contribution in [0.2, 0.25) is 0 Å². The third kappa shape index (κ3) is 4.93. The van der Waals surface area contributed by atoms with Crippen molar-refractivity contribution in [2.24, 2.45) is 0 Å². The number of hydrogen-bond acceptors (Lipinski definition) is 5. The number of alkyl halides is 3. The van der Waals surface area contributed by atoms with Gasteiger partial charge in [-0.15, -0.1) is 0 Å². The van der Waals surface area contributed by atoms with Gasteiger partial charge in [0.1, 0.15) is 0 Å². The zero-order valence-electron chi connectivity index (χ0n) is 11.5. The van der Waals surface area contributed by atoms with Crippen LogP contribution in [0.25, 0.3) is 0 Å². The first-order valence-corrected chi connectivity index (χ1v) is 5.61. The van der Waals surface area contributed by atoms with Gasteiger partial charge < -0.3 is 18.9 Å². The Morgan fingerprint density at radius 1 is 1.10 bits per heavy atom. The molecule has 1 rings (SSSR count). The molecule has 0 saturated carbocycles. The lowest BCUT2D eigenvalue weighted by Crippen LogP contribution is -2.23. The number of hydrogen-bond donors (Lipinski definition) is 1. The van der Waals surface area contributed by atoms with Gasteiger partial charge in [-0.25, -0.2) is 4.79 Å². The molecule has 0 bridgehead atoms. The molecular weight excluding hydrogens is 295 g/mol. The minimum atomic E-state index is -4.59. The van der Waals surface area contributed by atoms with Crippen LogP contribution in [0, 0.1) is 0 Å². The van der Waals surface area contributed by atoms with Gasteiger partial charge in [0.05, 0.1) is 27.0 Å². The standard InChI is InChI=1S/C12H14F3NO5/c1-18-8-4-7(5-9(19-2)10(8)20-3)16-11(17)21-6-12(13,14)15/h4-5H,6H2,1-3H3,(H,16,17). The van der Waals surface area contributed by atoms with E-state index in [0.717, 1.165) is 0 Å². The minimum Gasteiger partial charge on any atom is -0.493 e. The number of anilines is 1. The Balaban J connectivity index is 2.86. The third-order valence-electron chi connectivity index (χ3n) is 2.28. The lowest BCUT2D eigenvalue weighted by atomic mass is 10.2. The van der Waals surface area contributed by atoms with Crippen molar-refractivity contribution in [3.63, 3.8) is 0 Å². The minimum absolute atomic E-state index is 0.136. The second-order valence-electron chi connectivity index (χ2n) is 3.73. The molecule has 0 heterocycles. The van der Waals surface area contributed by atoms with Crippen molar-refractivity contribution < 1.29 is 36.9 Å². The van der Waals surface area contributed by atoms with Gasteiger partial charge in [-0.2, -0.15) is 13.2 Å². The van der Waals surface area contributed by atoms with Crippen LogP contribution in [0.3, 0.4) is 0 Å². The SMILES string of the molecule is COc1cc(NC(=O)OCC(F)(F)F)cc(OC)c1OC. The van der Waals surface area contributed by atoms with E-state index in [1.54, 1.807) is 0 Å². The van der Waals surface area contributed by atoms with Crippen molar-refractivity contribution in [3.05, 3.63) is 12.1 Å². The number of amides is 1. The van der Waals surface area contributed by atoms with Gasteiger partial charge in [0.25, 0.3) is 0 Å². The zero-order valence-corrected chi connectivity index (χ0v) is 11.5. The Morgan fingerprint density at radius 2 is 1.62 bits per heavy atom. The molecule has 0 unspecified atom stereocenters. The predicted molar refractivity (Wildman–Crippen MR) is 67.1 cm³/mol. The van der Waals surface area contributed by atoms with Gasteiger partial charge in [-0.1, -0.05) is 0 Å². The van der Waals surface area contributed by atoms with E-state index in [0.29, 0.717) is 0 Å². The van der Waals surface area contributed by atoms with E-state index in [1.807, 2.05) is 0 Å². The smallest absolute Gasteiger partial charge is 0.422 e. The van der Waals surface area contributed by atoms with Crippen molar-refractivity contribution in [3.8, 4) is 17.2 Å². The van der Waals surface area contributed by atoms with E-state index in [9.17, 15) is 18.0 Å². The number of rotatable bonds is 5. The molecule has 0 aromatic heterocycles. The first-order valence-electron chi connectivity index (χ1n) is 5.61. The van der Waals surface area contributed by atoms with Crippen molar-refractivity contribution in [2.75, 3.05) is 33.3 Å². The lowest BCUT2D eigenvalue weighted by molar-refractivity contribution is -0.159. The van der Waals surface area contributed by atoms with E-state index >= 15 is 0 Å². The average molecular weight is 309 g/mol. The predicted octanol–water partition coefficient (Wildman–Crippen LogP) is 2.82. The molecular formula is C12H14F3NO5. The highest BCUT2D eigenvalue weighted by Gasteiger charge is 2.29. The number of methoxy groups -OCH3 is 3. The molecule has 0 radical (unpaired) electrons. The number of carbonyl (C=O) groups excluding carboxylic acids is 1. The Bertz CT molecular complexity index is 479. The van der Waals surface area contributed by atoms with Crippen molar-refractivity contribution in [1.29, 1.82) is 0 Å². The highest BCUT2D eigenvalue weighted by atomic mass is 19.4. The highest BCUT2D eigenvalue weighted by Crippen LogP contribution is 2.39. The van der Waals surface area contributed by atoms with Crippen LogP contribution in [0.4, 0.5) is 23.7 Å². The second-order valence-corrected chi connectivity index (χ2v) is 3.73. The normalized spacial score (nSPS) is 10.8. The summed E-state index contributed by atoms with van der Waals surface area (Å²) in [4.78, 5) is 11.3. The van der Waals surface area contributed by atoms with E-state index in [4.69, 9.17) is 14.2 Å². The highest BCUT2D eigenvalue weighted by molar-refractivity contribution is 5.86. The molecule has 9 heteroatoms. The first kappa shape index (κ1) is 16.7. The fraction of sp³-hybridized carbons (Fsp3) is 0.417. The molecule has 0 fully saturated rings. The van der Waals surface area contributed by atoms with Crippen molar-refractivity contribution in [1.82, 2.24) is 0 Å². The summed E-state index contributed by atoms with van der Waals surface area (Å²) in [5.74, 6) is 0.764. The topological polar surface area (TPSA) is 66.0 Å². The Labute approximate surface area is 118 Å². The third-order valence-corrected chi connectivity index (χ3v) is 2.28. The molecule has 21 heavy (non-hydrogen) atoms. The molecule has 1 aromatic rings. The maximum atomic E-state index is 11.9. The number of ether oxygens (including phenoxy) is 4. The Kier molecular flexibility index (Phi) is 5.51. The molecule has 0 saturated heterocycles. The van der Waals surface area contributed by atoms with Crippen LogP contribution >= 0.6 is 0 Å². The number of halogens is 3. The van der Waals surface area contributed by atoms with E-state index < -0.39 is 18.9 Å². The number of benzene rings is 1. The van der Waals surface area contributed by atoms with Crippen LogP contribution in [0.15, 0.2) is 12.1 Å². The maximum absolute atomic E-state index is 11.9. The number of nitrogens with one attached hydrogen (secondary N) is 1. The van der Waals surface area contributed by atoms with Crippen molar-refractivity contribution >= 4 is 11.8 Å². The lowest BCUT2D eigenvalue weighted by Gasteiger charge is -2.14. The molecule has 0 aliphatic rings. The summed E-state index contributed by atoms with van der Waals surface area (Å²) in [6.45, 7) is -1.68. The van der Waals surface area contributed by atoms with E-state index in [-0.39, 0.29) is 22.9 Å². The van der Waals surface area contributed by atoms with Gasteiger partial charge in [-0.05, 0) is 0 Å². The summed E-state index contributed by atoms with van der Waals surface area (Å²) in [6.07, 6.45) is -5.84. The molecule has 0 aliphatic carbocycles. The summed E-state index contributed by atoms with van der Waals surface area (Å²) < 4.78 is 55.0. The monoisotopic (exact) mass is 309 g/mol. The molecule has 1 aromatic carbocycles. The van der Waals surface area contributed by atoms with Gasteiger partial charge in [0.2, 0.25) is 5.75 Å². The largest absolute Gasteiger partial charge is 0.493 e. The first-order chi connectivity index (χ1) is 9.80. The van der Waals surface area contributed by atoms with Gasteiger partial charge in [-0.3, -0.25) is 5.32 Å². The molecule has 118 valence electrons. The van der Waals surface area contributed by atoms with Crippen LogP contribution in [0.5, 0.6) is 17.2 Å². The summed E-state index contributed by atoms with van der Waals surface area (Å²) in [5.41, 5.74) is 0.136. The van der Waals surface area contributed by atoms with Crippen LogP contribution in [-0.2, 0) is 4.74 Å². The molecule has 0 aliphatic heterocycles. The van der Waals surface area contributed by atoms with Crippen molar-refractivity contribution in [2.45, 2.75) is 6.18 Å². The quantitative estimate of drug-likeness (QED) is 0.906.